The molecule has 0 aliphatic heterocycles. The van der Waals surface area contributed by atoms with Gasteiger partial charge in [0.05, 0.1) is 0 Å². The third-order valence-corrected chi connectivity index (χ3v) is 15.3. The second kappa shape index (κ2) is 66.6. The van der Waals surface area contributed by atoms with Crippen molar-refractivity contribution in [3.05, 3.63) is 60.8 Å². The van der Waals surface area contributed by atoms with Crippen molar-refractivity contribution in [3.8, 4) is 0 Å². The first-order chi connectivity index (χ1) is 38.5. The fraction of sp³-hybridized carbons (Fsp3) is 0.819. The van der Waals surface area contributed by atoms with Crippen LogP contribution in [0.15, 0.2) is 60.8 Å². The average molecular weight is 1090 g/mol. The Balaban J connectivity index is 4.17. The molecule has 0 aromatic carbocycles. The highest BCUT2D eigenvalue weighted by Crippen LogP contribution is 2.18. The van der Waals surface area contributed by atoms with E-state index in [1.807, 2.05) is 0 Å². The molecule has 0 fully saturated rings. The van der Waals surface area contributed by atoms with Crippen molar-refractivity contribution in [2.45, 2.75) is 367 Å². The topological polar surface area (TPSA) is 78.9 Å². The number of ether oxygens (including phenoxy) is 3. The summed E-state index contributed by atoms with van der Waals surface area (Å²) in [6.45, 7) is 6.59. The number of hydrogen-bond acceptors (Lipinski definition) is 6. The van der Waals surface area contributed by atoms with Crippen LogP contribution in [0.3, 0.4) is 0 Å². The molecule has 0 spiro atoms. The summed E-state index contributed by atoms with van der Waals surface area (Å²) in [4.78, 5) is 38.3. The van der Waals surface area contributed by atoms with Crippen molar-refractivity contribution >= 4 is 17.9 Å². The molecule has 1 unspecified atom stereocenters. The summed E-state index contributed by atoms with van der Waals surface area (Å²) in [7, 11) is 0. The third-order valence-electron chi connectivity index (χ3n) is 15.3. The van der Waals surface area contributed by atoms with Gasteiger partial charge in [0.1, 0.15) is 13.2 Å². The van der Waals surface area contributed by atoms with Crippen LogP contribution in [0.1, 0.15) is 361 Å². The van der Waals surface area contributed by atoms with E-state index in [0.29, 0.717) is 19.3 Å². The highest BCUT2D eigenvalue weighted by Gasteiger charge is 2.19. The molecule has 1 atom stereocenters. The highest BCUT2D eigenvalue weighted by atomic mass is 16.6. The Morgan fingerprint density at radius 2 is 0.500 bits per heavy atom. The highest BCUT2D eigenvalue weighted by molar-refractivity contribution is 5.71. The van der Waals surface area contributed by atoms with Gasteiger partial charge in [-0.25, -0.2) is 0 Å². The van der Waals surface area contributed by atoms with Crippen LogP contribution in [0.4, 0.5) is 0 Å². The normalized spacial score (nSPS) is 12.4. The van der Waals surface area contributed by atoms with Crippen LogP contribution in [-0.4, -0.2) is 37.2 Å². The number of hydrogen-bond donors (Lipinski definition) is 0. The maximum absolute atomic E-state index is 12.9. The maximum atomic E-state index is 12.9. The zero-order valence-electron chi connectivity index (χ0n) is 52.2. The Hall–Kier alpha value is -2.89. The lowest BCUT2D eigenvalue weighted by molar-refractivity contribution is -0.167. The lowest BCUT2D eigenvalue weighted by atomic mass is 10.0. The van der Waals surface area contributed by atoms with E-state index in [0.717, 1.165) is 89.9 Å². The first-order valence-corrected chi connectivity index (χ1v) is 34.3. The van der Waals surface area contributed by atoms with E-state index in [-0.39, 0.29) is 31.1 Å². The van der Waals surface area contributed by atoms with E-state index in [2.05, 4.69) is 81.5 Å². The predicted octanol–water partition coefficient (Wildman–Crippen LogP) is 23.5. The summed E-state index contributed by atoms with van der Waals surface area (Å²) in [6, 6.07) is 0. The number of esters is 3. The third kappa shape index (κ3) is 63.9. The summed E-state index contributed by atoms with van der Waals surface area (Å²) >= 11 is 0. The molecule has 0 radical (unpaired) electrons. The molecular formula is C72H130O6. The maximum Gasteiger partial charge on any atom is 0.306 e. The molecule has 0 aliphatic rings. The fourth-order valence-corrected chi connectivity index (χ4v) is 10.2. The number of carbonyl (C=O) groups excluding carboxylic acids is 3. The predicted molar refractivity (Wildman–Crippen MR) is 339 cm³/mol. The van der Waals surface area contributed by atoms with Gasteiger partial charge in [-0.3, -0.25) is 14.4 Å². The number of carbonyl (C=O) groups is 3. The van der Waals surface area contributed by atoms with E-state index in [1.54, 1.807) is 0 Å². The van der Waals surface area contributed by atoms with Gasteiger partial charge in [0.15, 0.2) is 6.10 Å². The smallest absolute Gasteiger partial charge is 0.306 e. The van der Waals surface area contributed by atoms with Crippen LogP contribution >= 0.6 is 0 Å². The minimum absolute atomic E-state index is 0.0667. The van der Waals surface area contributed by atoms with Crippen molar-refractivity contribution in [1.29, 1.82) is 0 Å². The van der Waals surface area contributed by atoms with Crippen LogP contribution in [0.2, 0.25) is 0 Å². The number of allylic oxidation sites excluding steroid dienone is 10. The summed E-state index contributed by atoms with van der Waals surface area (Å²) in [5, 5.41) is 0. The quantitative estimate of drug-likeness (QED) is 0.0261. The molecule has 0 aliphatic carbocycles. The summed E-state index contributed by atoms with van der Waals surface area (Å²) in [6.07, 6.45) is 85.3. The SMILES string of the molecule is CC/C=C\C/C=C\C/C=C\C/C=C\C/C=C\CCCCCCCCCCCCCCCCCC(=O)OCC(COC(=O)CCCCCCCCCCCCCCCC)OC(=O)CCCCCCCCCCCCCCCCC. The molecule has 0 rings (SSSR count). The molecule has 0 bridgehead atoms. The fourth-order valence-electron chi connectivity index (χ4n) is 10.2. The van der Waals surface area contributed by atoms with Gasteiger partial charge in [0.2, 0.25) is 0 Å². The van der Waals surface area contributed by atoms with Crippen molar-refractivity contribution in [2.24, 2.45) is 0 Å². The van der Waals surface area contributed by atoms with Gasteiger partial charge in [-0.05, 0) is 64.2 Å². The molecule has 6 nitrogen and oxygen atoms in total. The monoisotopic (exact) mass is 1090 g/mol. The summed E-state index contributed by atoms with van der Waals surface area (Å²) in [5.74, 6) is -0.841. The average Bonchev–Trinajstić information content (AvgIpc) is 3.44. The Morgan fingerprint density at radius 1 is 0.269 bits per heavy atom. The largest absolute Gasteiger partial charge is 0.462 e. The molecule has 0 aromatic heterocycles. The van der Waals surface area contributed by atoms with Crippen LogP contribution in [-0.2, 0) is 28.6 Å². The molecule has 0 saturated carbocycles. The summed E-state index contributed by atoms with van der Waals surface area (Å²) < 4.78 is 17.0. The van der Waals surface area contributed by atoms with Crippen molar-refractivity contribution in [1.82, 2.24) is 0 Å². The van der Waals surface area contributed by atoms with Gasteiger partial charge < -0.3 is 14.2 Å². The molecule has 0 heterocycles. The number of rotatable bonds is 63. The molecule has 0 aromatic rings. The van der Waals surface area contributed by atoms with Crippen LogP contribution in [0.5, 0.6) is 0 Å². The van der Waals surface area contributed by atoms with Gasteiger partial charge in [0.25, 0.3) is 0 Å². The van der Waals surface area contributed by atoms with Gasteiger partial charge in [-0.15, -0.1) is 0 Å². The molecule has 0 saturated heterocycles. The van der Waals surface area contributed by atoms with E-state index in [1.165, 1.54) is 231 Å². The van der Waals surface area contributed by atoms with Crippen LogP contribution in [0.25, 0.3) is 0 Å². The Bertz CT molecular complexity index is 1390. The van der Waals surface area contributed by atoms with Gasteiger partial charge in [-0.2, -0.15) is 0 Å². The molecule has 0 amide bonds. The van der Waals surface area contributed by atoms with E-state index >= 15 is 0 Å². The van der Waals surface area contributed by atoms with E-state index in [9.17, 15) is 14.4 Å². The zero-order valence-corrected chi connectivity index (χ0v) is 52.2. The van der Waals surface area contributed by atoms with Gasteiger partial charge >= 0.3 is 17.9 Å². The first-order valence-electron chi connectivity index (χ1n) is 34.3. The van der Waals surface area contributed by atoms with Crippen LogP contribution < -0.4 is 0 Å². The molecular weight excluding hydrogens is 961 g/mol. The first kappa shape index (κ1) is 75.1. The van der Waals surface area contributed by atoms with Crippen LogP contribution in [0, 0.1) is 0 Å². The van der Waals surface area contributed by atoms with Gasteiger partial charge in [-0.1, -0.05) is 338 Å². The Labute approximate surface area is 485 Å². The van der Waals surface area contributed by atoms with Crippen molar-refractivity contribution < 1.29 is 28.6 Å². The second-order valence-corrected chi connectivity index (χ2v) is 23.1. The van der Waals surface area contributed by atoms with Crippen molar-refractivity contribution in [3.63, 3.8) is 0 Å². The summed E-state index contributed by atoms with van der Waals surface area (Å²) in [5.41, 5.74) is 0. The molecule has 0 N–H and O–H groups in total. The molecule has 6 heteroatoms. The minimum Gasteiger partial charge on any atom is -0.462 e. The number of unbranched alkanes of at least 4 members (excludes halogenated alkanes) is 42. The Morgan fingerprint density at radius 3 is 0.782 bits per heavy atom. The second-order valence-electron chi connectivity index (χ2n) is 23.1. The van der Waals surface area contributed by atoms with E-state index < -0.39 is 6.10 Å². The standard InChI is InChI=1S/C72H130O6/c1-4-7-10-13-16-19-22-25-28-29-30-31-32-33-34-35-36-37-38-39-40-41-42-43-45-47-50-53-56-59-62-65-71(74)77-68-69(67-76-70(73)64-61-58-55-52-49-46-27-24-21-18-15-12-9-6-3)78-72(75)66-63-60-57-54-51-48-44-26-23-20-17-14-11-8-5-2/h7,10,16,19,25,28,30-31,33-34,69H,4-6,8-9,11-15,17-18,20-24,26-27,29,32,35-68H2,1-3H3/b10-7-,19-16-,28-25-,31-30-,34-33-. The Kier molecular flexibility index (Phi) is 64.2. The lowest BCUT2D eigenvalue weighted by Gasteiger charge is -2.18. The van der Waals surface area contributed by atoms with E-state index in [4.69, 9.17) is 14.2 Å². The minimum atomic E-state index is -0.769. The molecule has 78 heavy (non-hydrogen) atoms. The molecule has 454 valence electrons. The van der Waals surface area contributed by atoms with Crippen molar-refractivity contribution in [2.75, 3.05) is 13.2 Å². The zero-order chi connectivity index (χ0) is 56.4. The lowest BCUT2D eigenvalue weighted by Crippen LogP contribution is -2.30. The van der Waals surface area contributed by atoms with Gasteiger partial charge in [0, 0.05) is 19.3 Å².